The van der Waals surface area contributed by atoms with Crippen molar-refractivity contribution in [3.05, 3.63) is 35.1 Å². The van der Waals surface area contributed by atoms with Gasteiger partial charge in [-0.05, 0) is 43.5 Å². The van der Waals surface area contributed by atoms with E-state index in [1.807, 2.05) is 12.1 Å². The molecule has 0 saturated heterocycles. The SMILES string of the molecule is CCN(CCNCc1ccc(C)c(F)c1)C1CC1. The van der Waals surface area contributed by atoms with Crippen LogP contribution in [-0.2, 0) is 6.54 Å². The summed E-state index contributed by atoms with van der Waals surface area (Å²) in [5.74, 6) is -0.109. The summed E-state index contributed by atoms with van der Waals surface area (Å²) in [6, 6.07) is 6.29. The number of likely N-dealkylation sites (N-methyl/N-ethyl adjacent to an activating group) is 1. The molecule has 2 rings (SSSR count). The Hall–Kier alpha value is -0.930. The first-order chi connectivity index (χ1) is 8.70. The van der Waals surface area contributed by atoms with Gasteiger partial charge in [0, 0.05) is 25.7 Å². The molecule has 1 saturated carbocycles. The van der Waals surface area contributed by atoms with Crippen molar-refractivity contribution >= 4 is 0 Å². The molecule has 0 bridgehead atoms. The molecule has 0 spiro atoms. The molecule has 1 aromatic carbocycles. The van der Waals surface area contributed by atoms with Crippen LogP contribution in [0.15, 0.2) is 18.2 Å². The Bertz CT molecular complexity index is 388. The van der Waals surface area contributed by atoms with E-state index in [1.54, 1.807) is 13.0 Å². The number of nitrogens with one attached hydrogen (secondary N) is 1. The fourth-order valence-corrected chi connectivity index (χ4v) is 2.24. The number of halogens is 1. The lowest BCUT2D eigenvalue weighted by Crippen LogP contribution is -2.33. The second kappa shape index (κ2) is 6.30. The standard InChI is InChI=1S/C15H23FN2/c1-3-18(14-6-7-14)9-8-17-11-13-5-4-12(2)15(16)10-13/h4-5,10,14,17H,3,6-9,11H2,1-2H3. The zero-order valence-electron chi connectivity index (χ0n) is 11.4. The Labute approximate surface area is 109 Å². The Morgan fingerprint density at radius 3 is 2.78 bits per heavy atom. The van der Waals surface area contributed by atoms with Gasteiger partial charge < -0.3 is 5.32 Å². The molecule has 0 radical (unpaired) electrons. The molecule has 0 aliphatic heterocycles. The molecule has 0 atom stereocenters. The van der Waals surface area contributed by atoms with Gasteiger partial charge in [-0.3, -0.25) is 4.90 Å². The maximum absolute atomic E-state index is 13.3. The van der Waals surface area contributed by atoms with Crippen molar-refractivity contribution in [3.8, 4) is 0 Å². The van der Waals surface area contributed by atoms with E-state index in [0.717, 1.165) is 37.8 Å². The average Bonchev–Trinajstić information content (AvgIpc) is 3.18. The predicted octanol–water partition coefficient (Wildman–Crippen LogP) is 2.71. The number of hydrogen-bond donors (Lipinski definition) is 1. The van der Waals surface area contributed by atoms with Crippen LogP contribution in [0.1, 0.15) is 30.9 Å². The second-order valence-electron chi connectivity index (χ2n) is 5.12. The van der Waals surface area contributed by atoms with Gasteiger partial charge in [0.15, 0.2) is 0 Å². The summed E-state index contributed by atoms with van der Waals surface area (Å²) >= 11 is 0. The van der Waals surface area contributed by atoms with Gasteiger partial charge in [0.25, 0.3) is 0 Å². The summed E-state index contributed by atoms with van der Waals surface area (Å²) < 4.78 is 13.3. The molecule has 18 heavy (non-hydrogen) atoms. The van der Waals surface area contributed by atoms with Crippen molar-refractivity contribution in [1.29, 1.82) is 0 Å². The summed E-state index contributed by atoms with van der Waals surface area (Å²) in [6.45, 7) is 7.95. The summed E-state index contributed by atoms with van der Waals surface area (Å²) in [6.07, 6.45) is 2.72. The van der Waals surface area contributed by atoms with E-state index in [2.05, 4.69) is 17.1 Å². The monoisotopic (exact) mass is 250 g/mol. The average molecular weight is 250 g/mol. The van der Waals surface area contributed by atoms with E-state index in [0.29, 0.717) is 5.56 Å². The van der Waals surface area contributed by atoms with Crippen molar-refractivity contribution in [2.45, 2.75) is 39.3 Å². The molecular weight excluding hydrogens is 227 g/mol. The number of rotatable bonds is 7. The van der Waals surface area contributed by atoms with Crippen molar-refractivity contribution in [2.24, 2.45) is 0 Å². The van der Waals surface area contributed by atoms with E-state index < -0.39 is 0 Å². The van der Waals surface area contributed by atoms with Crippen LogP contribution < -0.4 is 5.32 Å². The molecule has 1 aliphatic rings. The van der Waals surface area contributed by atoms with E-state index in [1.165, 1.54) is 12.8 Å². The smallest absolute Gasteiger partial charge is 0.126 e. The lowest BCUT2D eigenvalue weighted by Gasteiger charge is -2.19. The van der Waals surface area contributed by atoms with Crippen LogP contribution in [0.2, 0.25) is 0 Å². The molecule has 1 fully saturated rings. The van der Waals surface area contributed by atoms with Crippen molar-refractivity contribution in [1.82, 2.24) is 10.2 Å². The van der Waals surface area contributed by atoms with Gasteiger partial charge in [-0.15, -0.1) is 0 Å². The molecule has 0 amide bonds. The quantitative estimate of drug-likeness (QED) is 0.749. The van der Waals surface area contributed by atoms with Gasteiger partial charge in [-0.1, -0.05) is 19.1 Å². The van der Waals surface area contributed by atoms with Crippen LogP contribution in [0.5, 0.6) is 0 Å². The largest absolute Gasteiger partial charge is 0.311 e. The number of hydrogen-bond acceptors (Lipinski definition) is 2. The van der Waals surface area contributed by atoms with Crippen LogP contribution in [0.4, 0.5) is 4.39 Å². The number of aryl methyl sites for hydroxylation is 1. The summed E-state index contributed by atoms with van der Waals surface area (Å²) in [5.41, 5.74) is 1.73. The van der Waals surface area contributed by atoms with Gasteiger partial charge in [-0.25, -0.2) is 4.39 Å². The molecule has 2 nitrogen and oxygen atoms in total. The minimum absolute atomic E-state index is 0.109. The topological polar surface area (TPSA) is 15.3 Å². The van der Waals surface area contributed by atoms with E-state index in [9.17, 15) is 4.39 Å². The molecule has 0 heterocycles. The summed E-state index contributed by atoms with van der Waals surface area (Å²) in [4.78, 5) is 2.52. The number of benzene rings is 1. The van der Waals surface area contributed by atoms with Crippen molar-refractivity contribution in [2.75, 3.05) is 19.6 Å². The molecular formula is C15H23FN2. The maximum Gasteiger partial charge on any atom is 0.126 e. The highest BCUT2D eigenvalue weighted by Crippen LogP contribution is 2.25. The molecule has 1 N–H and O–H groups in total. The van der Waals surface area contributed by atoms with Gasteiger partial charge in [0.1, 0.15) is 5.82 Å². The molecule has 0 aromatic heterocycles. The first-order valence-electron chi connectivity index (χ1n) is 6.90. The van der Waals surface area contributed by atoms with Crippen LogP contribution in [-0.4, -0.2) is 30.6 Å². The van der Waals surface area contributed by atoms with Crippen molar-refractivity contribution in [3.63, 3.8) is 0 Å². The molecule has 1 aromatic rings. The Morgan fingerprint density at radius 1 is 1.39 bits per heavy atom. The van der Waals surface area contributed by atoms with Crippen LogP contribution >= 0.6 is 0 Å². The van der Waals surface area contributed by atoms with Gasteiger partial charge in [0.2, 0.25) is 0 Å². The minimum Gasteiger partial charge on any atom is -0.311 e. The van der Waals surface area contributed by atoms with Gasteiger partial charge >= 0.3 is 0 Å². The third-order valence-corrected chi connectivity index (χ3v) is 3.61. The fourth-order valence-electron chi connectivity index (χ4n) is 2.24. The zero-order chi connectivity index (χ0) is 13.0. The first-order valence-corrected chi connectivity index (χ1v) is 6.90. The molecule has 100 valence electrons. The van der Waals surface area contributed by atoms with Crippen LogP contribution in [0.3, 0.4) is 0 Å². The Balaban J connectivity index is 1.69. The Kier molecular flexibility index (Phi) is 4.72. The zero-order valence-corrected chi connectivity index (χ0v) is 11.4. The lowest BCUT2D eigenvalue weighted by atomic mass is 10.1. The molecule has 1 aliphatic carbocycles. The predicted molar refractivity (Wildman–Crippen MR) is 73.1 cm³/mol. The third-order valence-electron chi connectivity index (χ3n) is 3.61. The van der Waals surface area contributed by atoms with Gasteiger partial charge in [-0.2, -0.15) is 0 Å². The Morgan fingerprint density at radius 2 is 2.17 bits per heavy atom. The minimum atomic E-state index is -0.109. The highest BCUT2D eigenvalue weighted by Gasteiger charge is 2.26. The fraction of sp³-hybridized carbons (Fsp3) is 0.600. The molecule has 3 heteroatoms. The highest BCUT2D eigenvalue weighted by atomic mass is 19.1. The van der Waals surface area contributed by atoms with Gasteiger partial charge in [0.05, 0.1) is 0 Å². The third kappa shape index (κ3) is 3.79. The van der Waals surface area contributed by atoms with E-state index in [4.69, 9.17) is 0 Å². The van der Waals surface area contributed by atoms with Crippen molar-refractivity contribution < 1.29 is 4.39 Å². The highest BCUT2D eigenvalue weighted by molar-refractivity contribution is 5.23. The second-order valence-corrected chi connectivity index (χ2v) is 5.12. The lowest BCUT2D eigenvalue weighted by molar-refractivity contribution is 0.277. The van der Waals surface area contributed by atoms with Crippen LogP contribution in [0.25, 0.3) is 0 Å². The van der Waals surface area contributed by atoms with E-state index in [-0.39, 0.29) is 5.82 Å². The maximum atomic E-state index is 13.3. The normalized spacial score (nSPS) is 15.3. The van der Waals surface area contributed by atoms with Crippen LogP contribution in [0, 0.1) is 12.7 Å². The summed E-state index contributed by atoms with van der Waals surface area (Å²) in [7, 11) is 0. The molecule has 0 unspecified atom stereocenters. The first kappa shape index (κ1) is 13.5. The summed E-state index contributed by atoms with van der Waals surface area (Å²) in [5, 5.41) is 3.39. The van der Waals surface area contributed by atoms with E-state index >= 15 is 0 Å². The number of nitrogens with zero attached hydrogens (tertiary/aromatic N) is 1.